The van der Waals surface area contributed by atoms with E-state index < -0.39 is 11.8 Å². The van der Waals surface area contributed by atoms with Crippen LogP contribution in [0.2, 0.25) is 0 Å². The van der Waals surface area contributed by atoms with E-state index in [1.165, 1.54) is 0 Å². The molecule has 2 heterocycles. The predicted octanol–water partition coefficient (Wildman–Crippen LogP) is 1.74. The van der Waals surface area contributed by atoms with Crippen molar-refractivity contribution in [3.8, 4) is 0 Å². The van der Waals surface area contributed by atoms with Gasteiger partial charge in [-0.15, -0.1) is 0 Å². The van der Waals surface area contributed by atoms with E-state index in [4.69, 9.17) is 4.74 Å². The minimum Gasteiger partial charge on any atom is -0.380 e. The zero-order valence-electron chi connectivity index (χ0n) is 12.5. The number of hydrogen-bond acceptors (Lipinski definition) is 3. The highest BCUT2D eigenvalue weighted by Crippen LogP contribution is 2.18. The normalized spacial score (nSPS) is 19.0. The van der Waals surface area contributed by atoms with Crippen molar-refractivity contribution in [3.05, 3.63) is 30.5 Å². The molecule has 1 atom stereocenters. The third kappa shape index (κ3) is 2.96. The van der Waals surface area contributed by atoms with Gasteiger partial charge in [0.1, 0.15) is 0 Å². The number of carbonyl (C=O) groups is 2. The fraction of sp³-hybridized carbons (Fsp3) is 0.375. The van der Waals surface area contributed by atoms with E-state index in [2.05, 4.69) is 10.3 Å². The smallest absolute Gasteiger partial charge is 0.313 e. The first-order valence-corrected chi connectivity index (χ1v) is 7.42. The van der Waals surface area contributed by atoms with E-state index in [0.29, 0.717) is 25.4 Å². The summed E-state index contributed by atoms with van der Waals surface area (Å²) >= 11 is 0. The third-order valence-corrected chi connectivity index (χ3v) is 3.95. The second-order valence-electron chi connectivity index (χ2n) is 5.48. The van der Waals surface area contributed by atoms with Crippen molar-refractivity contribution in [2.24, 2.45) is 0 Å². The number of H-pyrrole nitrogens is 1. The molecule has 2 N–H and O–H groups in total. The van der Waals surface area contributed by atoms with Gasteiger partial charge in [0, 0.05) is 42.0 Å². The number of hydrogen-bond donors (Lipinski definition) is 2. The first kappa shape index (κ1) is 14.6. The van der Waals surface area contributed by atoms with Crippen LogP contribution < -0.4 is 5.32 Å². The number of rotatable bonds is 1. The number of fused-ring (bicyclic) bond motifs is 1. The summed E-state index contributed by atoms with van der Waals surface area (Å²) in [5.74, 6) is -1.11. The first-order valence-electron chi connectivity index (χ1n) is 7.42. The molecule has 6 heteroatoms. The van der Waals surface area contributed by atoms with Crippen LogP contribution in [0.5, 0.6) is 0 Å². The number of carbonyl (C=O) groups excluding carboxylic acids is 2. The number of nitrogens with one attached hydrogen (secondary N) is 2. The Morgan fingerprint density at radius 1 is 1.32 bits per heavy atom. The van der Waals surface area contributed by atoms with Crippen molar-refractivity contribution < 1.29 is 14.3 Å². The first-order chi connectivity index (χ1) is 10.6. The van der Waals surface area contributed by atoms with Crippen LogP contribution in [0.1, 0.15) is 13.3 Å². The topological polar surface area (TPSA) is 74.4 Å². The summed E-state index contributed by atoms with van der Waals surface area (Å²) in [4.78, 5) is 29.2. The van der Waals surface area contributed by atoms with Crippen molar-refractivity contribution in [2.75, 3.05) is 25.1 Å². The predicted molar refractivity (Wildman–Crippen MR) is 83.5 cm³/mol. The van der Waals surface area contributed by atoms with E-state index in [1.807, 2.05) is 31.3 Å². The molecule has 0 spiro atoms. The number of amides is 2. The van der Waals surface area contributed by atoms with Gasteiger partial charge in [-0.3, -0.25) is 9.59 Å². The Kier molecular flexibility index (Phi) is 4.11. The molecular weight excluding hydrogens is 282 g/mol. The van der Waals surface area contributed by atoms with Crippen molar-refractivity contribution in [1.82, 2.24) is 9.88 Å². The Labute approximate surface area is 128 Å². The second-order valence-corrected chi connectivity index (χ2v) is 5.48. The summed E-state index contributed by atoms with van der Waals surface area (Å²) in [6, 6.07) is 7.41. The summed E-state index contributed by atoms with van der Waals surface area (Å²) in [5, 5.41) is 3.66. The molecule has 1 aliphatic rings. The molecule has 1 fully saturated rings. The fourth-order valence-electron chi connectivity index (χ4n) is 2.64. The van der Waals surface area contributed by atoms with Gasteiger partial charge in [-0.2, -0.15) is 0 Å². The van der Waals surface area contributed by atoms with E-state index in [0.717, 1.165) is 17.3 Å². The molecule has 116 valence electrons. The Morgan fingerprint density at radius 3 is 3.05 bits per heavy atom. The van der Waals surface area contributed by atoms with Crippen LogP contribution >= 0.6 is 0 Å². The maximum atomic E-state index is 12.3. The van der Waals surface area contributed by atoms with E-state index >= 15 is 0 Å². The number of aromatic nitrogens is 1. The molecule has 6 nitrogen and oxygen atoms in total. The highest BCUT2D eigenvalue weighted by molar-refractivity contribution is 6.39. The minimum atomic E-state index is -0.608. The molecule has 1 aliphatic heterocycles. The summed E-state index contributed by atoms with van der Waals surface area (Å²) in [7, 11) is 0. The van der Waals surface area contributed by atoms with Gasteiger partial charge in [0.05, 0.1) is 6.61 Å². The standard InChI is InChI=1S/C16H19N3O3/c1-11-5-8-22-9-7-19(11)16(21)15(20)18-13-2-3-14-12(10-13)4-6-17-14/h2-4,6,10-11,17H,5,7-9H2,1H3,(H,18,20)/t11-/m1/s1. The van der Waals surface area contributed by atoms with Crippen LogP contribution in [0.3, 0.4) is 0 Å². The summed E-state index contributed by atoms with van der Waals surface area (Å²) in [6.07, 6.45) is 2.58. The molecule has 3 rings (SSSR count). The molecule has 0 radical (unpaired) electrons. The number of benzene rings is 1. The quantitative estimate of drug-likeness (QED) is 0.788. The molecule has 22 heavy (non-hydrogen) atoms. The van der Waals surface area contributed by atoms with Crippen LogP contribution in [0.4, 0.5) is 5.69 Å². The van der Waals surface area contributed by atoms with Crippen LogP contribution in [0.25, 0.3) is 10.9 Å². The Morgan fingerprint density at radius 2 is 2.18 bits per heavy atom. The Balaban J connectivity index is 1.71. The molecular formula is C16H19N3O3. The van der Waals surface area contributed by atoms with E-state index in [9.17, 15) is 9.59 Å². The monoisotopic (exact) mass is 301 g/mol. The van der Waals surface area contributed by atoms with Gasteiger partial charge >= 0.3 is 11.8 Å². The zero-order chi connectivity index (χ0) is 15.5. The SMILES string of the molecule is C[C@@H]1CCOCCN1C(=O)C(=O)Nc1ccc2[nH]ccc2c1. The van der Waals surface area contributed by atoms with Gasteiger partial charge in [-0.25, -0.2) is 0 Å². The summed E-state index contributed by atoms with van der Waals surface area (Å²) < 4.78 is 5.35. The second kappa shape index (κ2) is 6.19. The lowest BCUT2D eigenvalue weighted by atomic mass is 10.2. The molecule has 1 saturated heterocycles. The lowest BCUT2D eigenvalue weighted by molar-refractivity contribution is -0.144. The summed E-state index contributed by atoms with van der Waals surface area (Å²) in [6.45, 7) is 3.48. The third-order valence-electron chi connectivity index (χ3n) is 3.95. The van der Waals surface area contributed by atoms with E-state index in [1.54, 1.807) is 11.0 Å². The minimum absolute atomic E-state index is 0.00732. The maximum absolute atomic E-state index is 12.3. The molecule has 0 saturated carbocycles. The lowest BCUT2D eigenvalue weighted by Gasteiger charge is -2.25. The van der Waals surface area contributed by atoms with Gasteiger partial charge in [-0.05, 0) is 37.6 Å². The van der Waals surface area contributed by atoms with Crippen molar-refractivity contribution in [3.63, 3.8) is 0 Å². The van der Waals surface area contributed by atoms with Crippen LogP contribution in [0, 0.1) is 0 Å². The number of aromatic amines is 1. The lowest BCUT2D eigenvalue weighted by Crippen LogP contribution is -2.45. The van der Waals surface area contributed by atoms with Crippen LogP contribution in [0.15, 0.2) is 30.5 Å². The Hall–Kier alpha value is -2.34. The summed E-state index contributed by atoms with van der Waals surface area (Å²) in [5.41, 5.74) is 1.60. The maximum Gasteiger partial charge on any atom is 0.313 e. The Bertz CT molecular complexity index is 695. The number of ether oxygens (including phenoxy) is 1. The fourth-order valence-corrected chi connectivity index (χ4v) is 2.64. The van der Waals surface area contributed by atoms with Gasteiger partial charge in [0.15, 0.2) is 0 Å². The van der Waals surface area contributed by atoms with Crippen LogP contribution in [-0.4, -0.2) is 47.5 Å². The van der Waals surface area contributed by atoms with E-state index in [-0.39, 0.29) is 6.04 Å². The molecule has 0 aliphatic carbocycles. The molecule has 2 aromatic rings. The molecule has 0 bridgehead atoms. The zero-order valence-corrected chi connectivity index (χ0v) is 12.5. The van der Waals surface area contributed by atoms with Gasteiger partial charge in [0.2, 0.25) is 0 Å². The van der Waals surface area contributed by atoms with Gasteiger partial charge < -0.3 is 19.9 Å². The largest absolute Gasteiger partial charge is 0.380 e. The van der Waals surface area contributed by atoms with Crippen molar-refractivity contribution in [1.29, 1.82) is 0 Å². The number of nitrogens with zero attached hydrogens (tertiary/aromatic N) is 1. The van der Waals surface area contributed by atoms with Crippen molar-refractivity contribution in [2.45, 2.75) is 19.4 Å². The highest BCUT2D eigenvalue weighted by atomic mass is 16.5. The van der Waals surface area contributed by atoms with Crippen molar-refractivity contribution >= 4 is 28.4 Å². The van der Waals surface area contributed by atoms with Gasteiger partial charge in [0.25, 0.3) is 0 Å². The number of anilines is 1. The van der Waals surface area contributed by atoms with Gasteiger partial charge in [-0.1, -0.05) is 0 Å². The molecule has 0 unspecified atom stereocenters. The molecule has 1 aromatic heterocycles. The average molecular weight is 301 g/mol. The average Bonchev–Trinajstić information content (AvgIpc) is 2.87. The highest BCUT2D eigenvalue weighted by Gasteiger charge is 2.27. The molecule has 2 amide bonds. The molecule has 1 aromatic carbocycles. The van der Waals surface area contributed by atoms with Crippen LogP contribution in [-0.2, 0) is 14.3 Å².